The number of benzene rings is 1. The number of nitrogens with zero attached hydrogens (tertiary/aromatic N) is 3. The molecular weight excluding hydrogens is 326 g/mol. The number of aliphatic hydroxyl groups excluding tert-OH is 1. The van der Waals surface area contributed by atoms with Crippen molar-refractivity contribution >= 4 is 0 Å². The van der Waals surface area contributed by atoms with Crippen LogP contribution in [0, 0.1) is 11.6 Å². The number of halogens is 2. The van der Waals surface area contributed by atoms with E-state index in [1.54, 1.807) is 17.1 Å². The van der Waals surface area contributed by atoms with E-state index in [4.69, 9.17) is 0 Å². The van der Waals surface area contributed by atoms with Crippen molar-refractivity contribution < 1.29 is 13.9 Å². The molecule has 5 nitrogen and oxygen atoms in total. The van der Waals surface area contributed by atoms with Gasteiger partial charge in [-0.05, 0) is 18.2 Å². The molecule has 3 aromatic rings. The molecule has 1 aromatic carbocycles. The highest BCUT2D eigenvalue weighted by molar-refractivity contribution is 5.61. The van der Waals surface area contributed by atoms with E-state index in [1.165, 1.54) is 6.07 Å². The van der Waals surface area contributed by atoms with Crippen molar-refractivity contribution in [3.63, 3.8) is 0 Å². The van der Waals surface area contributed by atoms with Gasteiger partial charge in [0.15, 0.2) is 0 Å². The van der Waals surface area contributed by atoms with Crippen molar-refractivity contribution in [2.75, 3.05) is 6.54 Å². The second-order valence-corrected chi connectivity index (χ2v) is 5.73. The van der Waals surface area contributed by atoms with E-state index < -0.39 is 17.7 Å². The van der Waals surface area contributed by atoms with Gasteiger partial charge in [0.25, 0.3) is 0 Å². The normalized spacial score (nSPS) is 12.3. The summed E-state index contributed by atoms with van der Waals surface area (Å²) in [5.74, 6) is -1.43. The number of aromatic nitrogens is 3. The molecule has 0 aliphatic carbocycles. The minimum Gasteiger partial charge on any atom is -0.387 e. The Morgan fingerprint density at radius 1 is 1.28 bits per heavy atom. The molecule has 0 saturated heterocycles. The fraction of sp³-hybridized carbons (Fsp3) is 0.222. The number of rotatable bonds is 6. The largest absolute Gasteiger partial charge is 0.387 e. The molecule has 0 fully saturated rings. The van der Waals surface area contributed by atoms with Crippen molar-refractivity contribution in [2.45, 2.75) is 12.6 Å². The number of hydrogen-bond acceptors (Lipinski definition) is 4. The van der Waals surface area contributed by atoms with Crippen molar-refractivity contribution in [1.82, 2.24) is 20.1 Å². The molecule has 3 rings (SSSR count). The predicted molar refractivity (Wildman–Crippen MR) is 89.5 cm³/mol. The van der Waals surface area contributed by atoms with Crippen LogP contribution in [0.5, 0.6) is 0 Å². The second kappa shape index (κ2) is 7.50. The Balaban J connectivity index is 1.66. The summed E-state index contributed by atoms with van der Waals surface area (Å²) in [7, 11) is 1.83. The monoisotopic (exact) mass is 344 g/mol. The van der Waals surface area contributed by atoms with E-state index >= 15 is 0 Å². The van der Waals surface area contributed by atoms with Crippen LogP contribution in [0.1, 0.15) is 17.2 Å². The minimum atomic E-state index is -1.07. The van der Waals surface area contributed by atoms with Gasteiger partial charge in [0.2, 0.25) is 0 Å². The van der Waals surface area contributed by atoms with Crippen LogP contribution in [0.25, 0.3) is 11.3 Å². The van der Waals surface area contributed by atoms with E-state index in [0.29, 0.717) is 6.54 Å². The van der Waals surface area contributed by atoms with E-state index in [1.807, 2.05) is 25.4 Å². The van der Waals surface area contributed by atoms with E-state index in [9.17, 15) is 13.9 Å². The first-order valence-electron chi connectivity index (χ1n) is 7.81. The van der Waals surface area contributed by atoms with Gasteiger partial charge >= 0.3 is 0 Å². The summed E-state index contributed by atoms with van der Waals surface area (Å²) in [6, 6.07) is 6.90. The number of aliphatic hydroxyl groups is 1. The summed E-state index contributed by atoms with van der Waals surface area (Å²) in [6.07, 6.45) is 4.23. The fourth-order valence-electron chi connectivity index (χ4n) is 2.64. The summed E-state index contributed by atoms with van der Waals surface area (Å²) in [6.45, 7) is 0.571. The Labute approximate surface area is 144 Å². The molecule has 0 amide bonds. The van der Waals surface area contributed by atoms with E-state index in [0.717, 1.165) is 29.0 Å². The van der Waals surface area contributed by atoms with Crippen LogP contribution in [0.2, 0.25) is 0 Å². The zero-order valence-corrected chi connectivity index (χ0v) is 13.7. The molecule has 1 unspecified atom stereocenters. The van der Waals surface area contributed by atoms with Gasteiger partial charge in [-0.3, -0.25) is 9.67 Å². The summed E-state index contributed by atoms with van der Waals surface area (Å²) in [4.78, 5) is 4.09. The van der Waals surface area contributed by atoms with E-state index in [2.05, 4.69) is 15.4 Å². The van der Waals surface area contributed by atoms with Crippen LogP contribution >= 0.6 is 0 Å². The number of aryl methyl sites for hydroxylation is 1. The molecule has 25 heavy (non-hydrogen) atoms. The summed E-state index contributed by atoms with van der Waals surface area (Å²) < 4.78 is 28.3. The van der Waals surface area contributed by atoms with Crippen LogP contribution in [0.15, 0.2) is 48.9 Å². The SMILES string of the molecule is Cn1cc(CNCC(O)c2ccc(F)cc2F)c(-c2cccnc2)n1. The molecule has 2 N–H and O–H groups in total. The molecule has 7 heteroatoms. The lowest BCUT2D eigenvalue weighted by atomic mass is 10.1. The third kappa shape index (κ3) is 4.07. The molecule has 0 aliphatic rings. The Hall–Kier alpha value is -2.64. The molecule has 1 atom stereocenters. The number of hydrogen-bond donors (Lipinski definition) is 2. The molecule has 130 valence electrons. The summed E-state index contributed by atoms with van der Waals surface area (Å²) in [5, 5.41) is 17.6. The van der Waals surface area contributed by atoms with Crippen LogP contribution < -0.4 is 5.32 Å². The topological polar surface area (TPSA) is 63.0 Å². The zero-order valence-electron chi connectivity index (χ0n) is 13.7. The predicted octanol–water partition coefficient (Wildman–Crippen LogP) is 2.58. The number of pyridine rings is 1. The van der Waals surface area contributed by atoms with Crippen molar-refractivity contribution in [1.29, 1.82) is 0 Å². The van der Waals surface area contributed by atoms with Crippen molar-refractivity contribution in [3.05, 3.63) is 71.7 Å². The zero-order chi connectivity index (χ0) is 17.8. The molecule has 0 aliphatic heterocycles. The Kier molecular flexibility index (Phi) is 5.16. The third-order valence-corrected chi connectivity index (χ3v) is 3.81. The summed E-state index contributed by atoms with van der Waals surface area (Å²) in [5.41, 5.74) is 2.69. The van der Waals surface area contributed by atoms with Gasteiger partial charge < -0.3 is 10.4 Å². The van der Waals surface area contributed by atoms with Crippen LogP contribution in [-0.2, 0) is 13.6 Å². The van der Waals surface area contributed by atoms with Gasteiger partial charge in [-0.2, -0.15) is 5.10 Å². The highest BCUT2D eigenvalue weighted by atomic mass is 19.1. The van der Waals surface area contributed by atoms with Crippen LogP contribution in [0.4, 0.5) is 8.78 Å². The average Bonchev–Trinajstić information content (AvgIpc) is 2.96. The quantitative estimate of drug-likeness (QED) is 0.721. The highest BCUT2D eigenvalue weighted by Gasteiger charge is 2.15. The van der Waals surface area contributed by atoms with Crippen LogP contribution in [-0.4, -0.2) is 26.4 Å². The molecule has 0 spiro atoms. The Morgan fingerprint density at radius 3 is 2.84 bits per heavy atom. The standard InChI is InChI=1S/C18H18F2N4O/c1-24-11-13(18(23-24)12-3-2-6-21-8-12)9-22-10-17(25)15-5-4-14(19)7-16(15)20/h2-8,11,17,22,25H,9-10H2,1H3. The van der Waals surface area contributed by atoms with Crippen LogP contribution in [0.3, 0.4) is 0 Å². The molecule has 0 bridgehead atoms. The molecule has 2 aromatic heterocycles. The lowest BCUT2D eigenvalue weighted by molar-refractivity contribution is 0.169. The molecule has 0 saturated carbocycles. The lowest BCUT2D eigenvalue weighted by Crippen LogP contribution is -2.22. The molecule has 2 heterocycles. The second-order valence-electron chi connectivity index (χ2n) is 5.73. The maximum Gasteiger partial charge on any atom is 0.131 e. The van der Waals surface area contributed by atoms with Gasteiger partial charge in [-0.25, -0.2) is 8.78 Å². The van der Waals surface area contributed by atoms with Gasteiger partial charge in [0.05, 0.1) is 11.8 Å². The van der Waals surface area contributed by atoms with Crippen molar-refractivity contribution in [3.8, 4) is 11.3 Å². The molecule has 0 radical (unpaired) electrons. The fourth-order valence-corrected chi connectivity index (χ4v) is 2.64. The van der Waals surface area contributed by atoms with Crippen molar-refractivity contribution in [2.24, 2.45) is 7.05 Å². The van der Waals surface area contributed by atoms with Gasteiger partial charge in [-0.1, -0.05) is 6.07 Å². The average molecular weight is 344 g/mol. The van der Waals surface area contributed by atoms with Gasteiger partial charge in [-0.15, -0.1) is 0 Å². The maximum atomic E-state index is 13.7. The minimum absolute atomic E-state index is 0.0626. The first-order valence-corrected chi connectivity index (χ1v) is 7.81. The molecular formula is C18H18F2N4O. The lowest BCUT2D eigenvalue weighted by Gasteiger charge is -2.13. The Bertz CT molecular complexity index is 852. The summed E-state index contributed by atoms with van der Waals surface area (Å²) >= 11 is 0. The Morgan fingerprint density at radius 2 is 2.12 bits per heavy atom. The first kappa shape index (κ1) is 17.2. The first-order chi connectivity index (χ1) is 12.0. The third-order valence-electron chi connectivity index (χ3n) is 3.81. The number of nitrogens with one attached hydrogen (secondary N) is 1. The highest BCUT2D eigenvalue weighted by Crippen LogP contribution is 2.21. The smallest absolute Gasteiger partial charge is 0.131 e. The van der Waals surface area contributed by atoms with Gasteiger partial charge in [0, 0.05) is 61.5 Å². The van der Waals surface area contributed by atoms with Gasteiger partial charge in [0.1, 0.15) is 11.6 Å². The maximum absolute atomic E-state index is 13.7. The van der Waals surface area contributed by atoms with E-state index in [-0.39, 0.29) is 12.1 Å².